The van der Waals surface area contributed by atoms with E-state index in [2.05, 4.69) is 29.2 Å². The molecule has 2 rings (SSSR count). The summed E-state index contributed by atoms with van der Waals surface area (Å²) in [5.41, 5.74) is 1.08. The zero-order valence-corrected chi connectivity index (χ0v) is 8.73. The van der Waals surface area contributed by atoms with Crippen LogP contribution >= 0.6 is 0 Å². The predicted molar refractivity (Wildman–Crippen MR) is 41.4 cm³/mol. The van der Waals surface area contributed by atoms with E-state index < -0.39 is 0 Å². The molecule has 0 aliphatic carbocycles. The second-order valence-corrected chi connectivity index (χ2v) is 4.04. The zero-order chi connectivity index (χ0) is 7.68. The molecule has 0 unspecified atom stereocenters. The van der Waals surface area contributed by atoms with E-state index in [4.69, 9.17) is 0 Å². The van der Waals surface area contributed by atoms with Gasteiger partial charge in [-0.3, -0.25) is 0 Å². The van der Waals surface area contributed by atoms with Crippen LogP contribution in [0.3, 0.4) is 0 Å². The maximum absolute atomic E-state index is 4.23. The molecule has 1 nitrogen and oxygen atoms in total. The zero-order valence-electron chi connectivity index (χ0n) is 5.79. The van der Waals surface area contributed by atoms with Gasteiger partial charge in [-0.2, -0.15) is 0 Å². The normalized spacial score (nSPS) is 10.3. The first kappa shape index (κ1) is 7.18. The van der Waals surface area contributed by atoms with Crippen LogP contribution in [0, 0.1) is 24.7 Å². The Balaban J connectivity index is 2.83. The molecule has 2 heteroatoms. The number of rotatable bonds is 0. The summed E-state index contributed by atoms with van der Waals surface area (Å²) in [5, 5.41) is 1.23. The molecule has 2 aromatic rings. The van der Waals surface area contributed by atoms with Crippen molar-refractivity contribution in [3.05, 3.63) is 36.5 Å². The SMILES string of the molecule is [211At]c1ccc2ncccc2c1. The molecule has 0 N–H and O–H groups in total. The molecular weight excluding hydrogens is 333 g/mol. The number of benzene rings is 1. The van der Waals surface area contributed by atoms with Gasteiger partial charge in [-0.05, 0) is 0 Å². The Labute approximate surface area is 80.3 Å². The van der Waals surface area contributed by atoms with Crippen molar-refractivity contribution in [2.75, 3.05) is 0 Å². The Kier molecular flexibility index (Phi) is 1.87. The fourth-order valence-corrected chi connectivity index (χ4v) is 1.75. The van der Waals surface area contributed by atoms with Crippen LogP contribution in [0.25, 0.3) is 10.9 Å². The molecule has 1 aromatic carbocycles. The number of hydrogen-bond donors (Lipinski definition) is 0. The van der Waals surface area contributed by atoms with Gasteiger partial charge in [0.25, 0.3) is 0 Å². The summed E-state index contributed by atoms with van der Waals surface area (Å²) in [6.07, 6.45) is 1.82. The van der Waals surface area contributed by atoms with Crippen LogP contribution in [-0.2, 0) is 0 Å². The molecule has 0 radical (unpaired) electrons. The molecule has 54 valence electrons. The summed E-state index contributed by atoms with van der Waals surface area (Å²) in [5.74, 6) is 0. The number of hydrogen-bond acceptors (Lipinski definition) is 1. The van der Waals surface area contributed by atoms with Crippen molar-refractivity contribution in [2.24, 2.45) is 0 Å². The first-order chi connectivity index (χ1) is 5.36. The van der Waals surface area contributed by atoms with E-state index in [1.165, 1.54) is 8.66 Å². The van der Waals surface area contributed by atoms with Gasteiger partial charge in [0.2, 0.25) is 0 Å². The topological polar surface area (TPSA) is 12.9 Å². The molecule has 0 atom stereocenters. The molecule has 0 amide bonds. The molecular formula is C9H6AtN. The quantitative estimate of drug-likeness (QED) is 0.707. The third-order valence-electron chi connectivity index (χ3n) is 1.57. The molecule has 0 saturated carbocycles. The van der Waals surface area contributed by atoms with Crippen LogP contribution in [0.4, 0.5) is 0 Å². The van der Waals surface area contributed by atoms with Gasteiger partial charge < -0.3 is 0 Å². The van der Waals surface area contributed by atoms with Gasteiger partial charge in [-0.15, -0.1) is 0 Å². The molecule has 1 heterocycles. The van der Waals surface area contributed by atoms with Crippen LogP contribution in [0.15, 0.2) is 36.5 Å². The van der Waals surface area contributed by atoms with Crippen molar-refractivity contribution in [2.45, 2.75) is 0 Å². The molecule has 0 fully saturated rings. The fraction of sp³-hybridized carbons (Fsp3) is 0. The molecule has 0 bridgehead atoms. The monoisotopic (exact) mass is 339 g/mol. The molecule has 11 heavy (non-hydrogen) atoms. The molecule has 0 aliphatic rings. The van der Waals surface area contributed by atoms with Crippen LogP contribution in [0.1, 0.15) is 0 Å². The van der Waals surface area contributed by atoms with Crippen molar-refractivity contribution in [1.29, 1.82) is 0 Å². The van der Waals surface area contributed by atoms with Gasteiger partial charge in [0, 0.05) is 0 Å². The van der Waals surface area contributed by atoms with Crippen molar-refractivity contribution in [1.82, 2.24) is 4.98 Å². The van der Waals surface area contributed by atoms with Crippen molar-refractivity contribution >= 4 is 14.2 Å². The molecule has 0 saturated heterocycles. The van der Waals surface area contributed by atoms with Crippen LogP contribution in [0.5, 0.6) is 0 Å². The van der Waals surface area contributed by atoms with E-state index in [-0.39, 0.29) is 0 Å². The van der Waals surface area contributed by atoms with Gasteiger partial charge in [0.15, 0.2) is 0 Å². The summed E-state index contributed by atoms with van der Waals surface area (Å²) in [7, 11) is 0. The van der Waals surface area contributed by atoms with E-state index >= 15 is 0 Å². The average molecular weight is 339 g/mol. The van der Waals surface area contributed by atoms with Gasteiger partial charge in [0.05, 0.1) is 0 Å². The van der Waals surface area contributed by atoms with Crippen molar-refractivity contribution in [3.8, 4) is 0 Å². The van der Waals surface area contributed by atoms with E-state index in [1.807, 2.05) is 12.3 Å². The van der Waals surface area contributed by atoms with E-state index in [0.717, 1.165) is 5.52 Å². The molecule has 1 aromatic heterocycles. The molecule has 0 spiro atoms. The van der Waals surface area contributed by atoms with Gasteiger partial charge in [-0.25, -0.2) is 0 Å². The van der Waals surface area contributed by atoms with Crippen LogP contribution in [-0.4, -0.2) is 4.98 Å². The van der Waals surface area contributed by atoms with Crippen molar-refractivity contribution < 1.29 is 24.7 Å². The van der Waals surface area contributed by atoms with E-state index in [1.54, 1.807) is 24.7 Å². The second kappa shape index (κ2) is 2.86. The second-order valence-electron chi connectivity index (χ2n) is 2.34. The van der Waals surface area contributed by atoms with Gasteiger partial charge in [0.1, 0.15) is 0 Å². The predicted octanol–water partition coefficient (Wildman–Crippen LogP) is 1.41. The Bertz CT molecular complexity index is 384. The number of aromatic nitrogens is 1. The Morgan fingerprint density at radius 2 is 2.09 bits per heavy atom. The average Bonchev–Trinajstić information content (AvgIpc) is 2.04. The Morgan fingerprint density at radius 3 is 3.00 bits per heavy atom. The first-order valence-electron chi connectivity index (χ1n) is 3.36. The van der Waals surface area contributed by atoms with Gasteiger partial charge >= 0.3 is 80.4 Å². The van der Waals surface area contributed by atoms with E-state index in [9.17, 15) is 0 Å². The number of fused-ring (bicyclic) bond motifs is 1. The Hall–Kier alpha value is -0.487. The summed E-state index contributed by atoms with van der Waals surface area (Å²) in [6, 6.07) is 10.4. The summed E-state index contributed by atoms with van der Waals surface area (Å²) in [4.78, 5) is 4.23. The third kappa shape index (κ3) is 1.41. The minimum absolute atomic E-state index is 1.08. The van der Waals surface area contributed by atoms with Crippen molar-refractivity contribution in [3.63, 3.8) is 0 Å². The number of pyridine rings is 1. The summed E-state index contributed by atoms with van der Waals surface area (Å²) >= 11 is 1.70. The standard InChI is InChI=1S/C9H6AtN/c10-8-3-4-9-7(6-8)2-1-5-11-9/h1-6H/i10+1. The van der Waals surface area contributed by atoms with E-state index in [0.29, 0.717) is 0 Å². The third-order valence-corrected chi connectivity index (χ3v) is 2.48. The van der Waals surface area contributed by atoms with Crippen LogP contribution < -0.4 is 3.27 Å². The van der Waals surface area contributed by atoms with Crippen LogP contribution in [0.2, 0.25) is 0 Å². The first-order valence-corrected chi connectivity index (χ1v) is 4.83. The van der Waals surface area contributed by atoms with Gasteiger partial charge in [-0.1, -0.05) is 0 Å². The fourth-order valence-electron chi connectivity index (χ4n) is 1.05. The minimum atomic E-state index is 1.08. The number of nitrogens with zero attached hydrogens (tertiary/aromatic N) is 1. The molecule has 0 aliphatic heterocycles. The Morgan fingerprint density at radius 1 is 1.18 bits per heavy atom. The summed E-state index contributed by atoms with van der Waals surface area (Å²) < 4.78 is 1.34. The maximum atomic E-state index is 4.23. The summed E-state index contributed by atoms with van der Waals surface area (Å²) in [6.45, 7) is 0.